The van der Waals surface area contributed by atoms with Gasteiger partial charge in [-0.2, -0.15) is 0 Å². The van der Waals surface area contributed by atoms with Crippen molar-refractivity contribution in [2.24, 2.45) is 0 Å². The predicted molar refractivity (Wildman–Crippen MR) is 74.1 cm³/mol. The summed E-state index contributed by atoms with van der Waals surface area (Å²) >= 11 is 5.77. The van der Waals surface area contributed by atoms with Crippen molar-refractivity contribution in [2.75, 3.05) is 18.1 Å². The number of carbonyl (C=O) groups is 1. The van der Waals surface area contributed by atoms with Gasteiger partial charge in [0.1, 0.15) is 11.9 Å². The van der Waals surface area contributed by atoms with Crippen LogP contribution in [-0.4, -0.2) is 24.2 Å². The normalized spacial score (nSPS) is 17.6. The van der Waals surface area contributed by atoms with Crippen LogP contribution in [0.15, 0.2) is 23.9 Å². The number of nitrogens with zero attached hydrogens (tertiary/aromatic N) is 1. The highest BCUT2D eigenvalue weighted by atomic mass is 35.5. The van der Waals surface area contributed by atoms with Crippen LogP contribution in [0.2, 0.25) is 5.02 Å². The van der Waals surface area contributed by atoms with Crippen molar-refractivity contribution in [1.82, 2.24) is 0 Å². The zero-order valence-corrected chi connectivity index (χ0v) is 11.9. The number of aliphatic hydroxyl groups excluding tert-OH is 1. The number of ether oxygens (including phenoxy) is 1. The highest BCUT2D eigenvalue weighted by Crippen LogP contribution is 2.39. The number of anilines is 1. The Labute approximate surface area is 121 Å². The molecular weight excluding hydrogens is 285 g/mol. The van der Waals surface area contributed by atoms with Crippen molar-refractivity contribution in [3.63, 3.8) is 0 Å². The molecule has 108 valence electrons. The summed E-state index contributed by atoms with van der Waals surface area (Å²) in [7, 11) is 0. The molecule has 0 spiro atoms. The van der Waals surface area contributed by atoms with E-state index in [1.165, 1.54) is 12.3 Å². The molecule has 1 aliphatic heterocycles. The molecule has 0 saturated carbocycles. The van der Waals surface area contributed by atoms with Crippen molar-refractivity contribution in [1.29, 1.82) is 0 Å². The van der Waals surface area contributed by atoms with Gasteiger partial charge in [0.05, 0.1) is 17.2 Å². The summed E-state index contributed by atoms with van der Waals surface area (Å²) < 4.78 is 18.5. The van der Waals surface area contributed by atoms with Gasteiger partial charge in [0.15, 0.2) is 0 Å². The number of hydrogen-bond acceptors (Lipinski definition) is 4. The highest BCUT2D eigenvalue weighted by Gasteiger charge is 2.31. The lowest BCUT2D eigenvalue weighted by molar-refractivity contribution is -0.139. The van der Waals surface area contributed by atoms with Gasteiger partial charge in [-0.3, -0.25) is 0 Å². The minimum atomic E-state index is -1.22. The quantitative estimate of drug-likeness (QED) is 0.872. The largest absolute Gasteiger partial charge is 0.463 e. The molecule has 2 rings (SSSR count). The van der Waals surface area contributed by atoms with E-state index in [0.717, 1.165) is 6.07 Å². The Balaban J connectivity index is 2.50. The zero-order valence-electron chi connectivity index (χ0n) is 11.2. The van der Waals surface area contributed by atoms with Gasteiger partial charge in [-0.1, -0.05) is 11.6 Å². The minimum absolute atomic E-state index is 0.0256. The maximum absolute atomic E-state index is 13.6. The molecule has 4 nitrogen and oxygen atoms in total. The lowest BCUT2D eigenvalue weighted by Gasteiger charge is -2.31. The lowest BCUT2D eigenvalue weighted by atomic mass is 9.96. The molecule has 1 aromatic rings. The van der Waals surface area contributed by atoms with Gasteiger partial charge in [-0.15, -0.1) is 0 Å². The standard InChI is InChI=1S/C14H15ClFNO3/c1-3-17-7-9(14(19)20-4-2)13(18)8-5-11(16)10(15)6-12(8)17/h5-7,13,18H,3-4H2,1-2H3. The van der Waals surface area contributed by atoms with E-state index in [9.17, 15) is 14.3 Å². The Bertz CT molecular complexity index is 574. The Kier molecular flexibility index (Phi) is 4.30. The summed E-state index contributed by atoms with van der Waals surface area (Å²) in [6.45, 7) is 4.30. The number of carbonyl (C=O) groups excluding carboxylic acids is 1. The zero-order chi connectivity index (χ0) is 14.9. The first-order valence-electron chi connectivity index (χ1n) is 6.32. The van der Waals surface area contributed by atoms with Crippen molar-refractivity contribution >= 4 is 23.3 Å². The van der Waals surface area contributed by atoms with Crippen LogP contribution in [0.5, 0.6) is 0 Å². The number of rotatable bonds is 3. The van der Waals surface area contributed by atoms with Crippen LogP contribution in [0, 0.1) is 5.82 Å². The van der Waals surface area contributed by atoms with Crippen molar-refractivity contribution in [3.8, 4) is 0 Å². The molecule has 0 radical (unpaired) electrons. The van der Waals surface area contributed by atoms with E-state index in [2.05, 4.69) is 0 Å². The summed E-state index contributed by atoms with van der Waals surface area (Å²) in [5, 5.41) is 10.2. The van der Waals surface area contributed by atoms with Gasteiger partial charge in [-0.25, -0.2) is 9.18 Å². The molecule has 1 aliphatic rings. The van der Waals surface area contributed by atoms with Crippen LogP contribution in [0.25, 0.3) is 0 Å². The van der Waals surface area contributed by atoms with E-state index >= 15 is 0 Å². The molecule has 0 fully saturated rings. The van der Waals surface area contributed by atoms with Crippen LogP contribution in [0.3, 0.4) is 0 Å². The maximum Gasteiger partial charge on any atom is 0.338 e. The van der Waals surface area contributed by atoms with Gasteiger partial charge in [0.2, 0.25) is 0 Å². The van der Waals surface area contributed by atoms with Gasteiger partial charge in [0, 0.05) is 24.0 Å². The lowest BCUT2D eigenvalue weighted by Crippen LogP contribution is -2.28. The monoisotopic (exact) mass is 299 g/mol. The number of esters is 1. The van der Waals surface area contributed by atoms with Crippen molar-refractivity contribution in [3.05, 3.63) is 40.3 Å². The second-order valence-electron chi connectivity index (χ2n) is 4.32. The van der Waals surface area contributed by atoms with Gasteiger partial charge in [0.25, 0.3) is 0 Å². The van der Waals surface area contributed by atoms with E-state index in [0.29, 0.717) is 17.8 Å². The van der Waals surface area contributed by atoms with Crippen molar-refractivity contribution in [2.45, 2.75) is 20.0 Å². The topological polar surface area (TPSA) is 49.8 Å². The second-order valence-corrected chi connectivity index (χ2v) is 4.73. The maximum atomic E-state index is 13.6. The molecule has 20 heavy (non-hydrogen) atoms. The second kappa shape index (κ2) is 5.81. The molecule has 1 heterocycles. The number of fused-ring (bicyclic) bond motifs is 1. The molecule has 0 saturated heterocycles. The molecule has 1 atom stereocenters. The first-order valence-corrected chi connectivity index (χ1v) is 6.69. The summed E-state index contributed by atoms with van der Waals surface area (Å²) in [5.41, 5.74) is 0.974. The van der Waals surface area contributed by atoms with E-state index in [-0.39, 0.29) is 17.2 Å². The molecule has 6 heteroatoms. The van der Waals surface area contributed by atoms with E-state index in [1.54, 1.807) is 11.8 Å². The molecule has 1 aromatic carbocycles. The molecule has 0 bridgehead atoms. The van der Waals surface area contributed by atoms with Gasteiger partial charge < -0.3 is 14.7 Å². The van der Waals surface area contributed by atoms with Gasteiger partial charge >= 0.3 is 5.97 Å². The third kappa shape index (κ3) is 2.51. The Morgan fingerprint density at radius 3 is 2.80 bits per heavy atom. The molecule has 1 N–H and O–H groups in total. The molecule has 0 aliphatic carbocycles. The first-order chi connectivity index (χ1) is 9.49. The number of halogens is 2. The van der Waals surface area contributed by atoms with Crippen LogP contribution in [-0.2, 0) is 9.53 Å². The van der Waals surface area contributed by atoms with Crippen LogP contribution in [0.4, 0.5) is 10.1 Å². The highest BCUT2D eigenvalue weighted by molar-refractivity contribution is 6.31. The fraction of sp³-hybridized carbons (Fsp3) is 0.357. The van der Waals surface area contributed by atoms with Crippen LogP contribution in [0.1, 0.15) is 25.5 Å². The minimum Gasteiger partial charge on any atom is -0.463 e. The van der Waals surface area contributed by atoms with Crippen LogP contribution >= 0.6 is 11.6 Å². The Morgan fingerprint density at radius 1 is 1.50 bits per heavy atom. The summed E-state index contributed by atoms with van der Waals surface area (Å²) in [4.78, 5) is 13.6. The van der Waals surface area contributed by atoms with E-state index in [4.69, 9.17) is 16.3 Å². The number of benzene rings is 1. The van der Waals surface area contributed by atoms with Gasteiger partial charge in [-0.05, 0) is 26.0 Å². The molecule has 1 unspecified atom stereocenters. The molecule has 0 amide bonds. The third-order valence-electron chi connectivity index (χ3n) is 3.11. The van der Waals surface area contributed by atoms with Crippen LogP contribution < -0.4 is 4.90 Å². The Morgan fingerprint density at radius 2 is 2.20 bits per heavy atom. The molecule has 0 aromatic heterocycles. The average molecular weight is 300 g/mol. The summed E-state index contributed by atoms with van der Waals surface area (Å²) in [6, 6.07) is 2.59. The smallest absolute Gasteiger partial charge is 0.338 e. The van der Waals surface area contributed by atoms with E-state index < -0.39 is 17.9 Å². The Hall–Kier alpha value is -1.59. The summed E-state index contributed by atoms with van der Waals surface area (Å²) in [6.07, 6.45) is 0.290. The fourth-order valence-corrected chi connectivity index (χ4v) is 2.29. The molecular formula is C14H15ClFNO3. The average Bonchev–Trinajstić information content (AvgIpc) is 2.42. The fourth-order valence-electron chi connectivity index (χ4n) is 2.14. The first kappa shape index (κ1) is 14.8. The SMILES string of the molecule is CCOC(=O)C1=CN(CC)c2cc(Cl)c(F)cc2C1O. The predicted octanol–water partition coefficient (Wildman–Crippen LogP) is 2.80. The third-order valence-corrected chi connectivity index (χ3v) is 3.40. The number of hydrogen-bond donors (Lipinski definition) is 1. The van der Waals surface area contributed by atoms with E-state index in [1.807, 2.05) is 6.92 Å². The summed E-state index contributed by atoms with van der Waals surface area (Å²) in [5.74, 6) is -1.25. The number of aliphatic hydroxyl groups is 1. The van der Waals surface area contributed by atoms with Crippen molar-refractivity contribution < 1.29 is 19.0 Å².